The Kier molecular flexibility index (Phi) is 4.71. The molecule has 0 radical (unpaired) electrons. The number of nitrogens with one attached hydrogen (secondary N) is 2. The first-order chi connectivity index (χ1) is 11.3. The molecule has 0 spiro atoms. The lowest BCUT2D eigenvalue weighted by atomic mass is 10.1. The number of anilines is 2. The van der Waals surface area contributed by atoms with E-state index in [0.29, 0.717) is 12.3 Å². The van der Waals surface area contributed by atoms with Gasteiger partial charge in [-0.3, -0.25) is 10.3 Å². The molecule has 0 fully saturated rings. The lowest BCUT2D eigenvalue weighted by Gasteiger charge is -2.19. The molecule has 7 nitrogen and oxygen atoms in total. The van der Waals surface area contributed by atoms with Crippen molar-refractivity contribution in [3.63, 3.8) is 0 Å². The normalized spacial score (nSPS) is 12.6. The number of aliphatic hydroxyl groups excluding tert-OH is 1. The van der Waals surface area contributed by atoms with E-state index in [9.17, 15) is 0 Å². The SMILES string of the molecule is N#CNC(Cc1ccc2c(c1)Nc1nccnc1S2)=NCCO. The number of aromatic nitrogens is 2. The molecule has 0 bridgehead atoms. The van der Waals surface area contributed by atoms with Crippen molar-refractivity contribution >= 4 is 29.1 Å². The second-order valence-electron chi connectivity index (χ2n) is 4.73. The van der Waals surface area contributed by atoms with E-state index in [1.807, 2.05) is 24.4 Å². The zero-order valence-electron chi connectivity index (χ0n) is 12.2. The van der Waals surface area contributed by atoms with Crippen LogP contribution >= 0.6 is 11.8 Å². The van der Waals surface area contributed by atoms with Gasteiger partial charge >= 0.3 is 0 Å². The van der Waals surface area contributed by atoms with Crippen molar-refractivity contribution in [2.24, 2.45) is 4.99 Å². The smallest absolute Gasteiger partial charge is 0.182 e. The predicted octanol–water partition coefficient (Wildman–Crippen LogP) is 1.69. The van der Waals surface area contributed by atoms with Crippen molar-refractivity contribution in [2.75, 3.05) is 18.5 Å². The van der Waals surface area contributed by atoms with Crippen LogP contribution in [0.3, 0.4) is 0 Å². The van der Waals surface area contributed by atoms with Crippen LogP contribution in [-0.4, -0.2) is 34.1 Å². The highest BCUT2D eigenvalue weighted by Gasteiger charge is 2.18. The van der Waals surface area contributed by atoms with Crippen molar-refractivity contribution in [3.05, 3.63) is 36.2 Å². The summed E-state index contributed by atoms with van der Waals surface area (Å²) in [6.07, 6.45) is 5.68. The van der Waals surface area contributed by atoms with E-state index >= 15 is 0 Å². The zero-order chi connectivity index (χ0) is 16.1. The van der Waals surface area contributed by atoms with Crippen molar-refractivity contribution in [2.45, 2.75) is 16.3 Å². The molecule has 0 aliphatic carbocycles. The van der Waals surface area contributed by atoms with Crippen LogP contribution in [0.15, 0.2) is 45.5 Å². The standard InChI is InChI=1S/C15H14N6OS/c16-9-20-13(17-5-6-22)8-10-1-2-12-11(7-10)21-14-15(23-12)19-4-3-18-14/h1-4,7,22H,5-6,8H2,(H,17,20)(H,18,21). The lowest BCUT2D eigenvalue weighted by Crippen LogP contribution is -2.21. The van der Waals surface area contributed by atoms with Gasteiger partial charge in [-0.15, -0.1) is 0 Å². The second kappa shape index (κ2) is 7.09. The topological polar surface area (TPSA) is 106 Å². The molecule has 0 amide bonds. The maximum absolute atomic E-state index is 8.86. The number of nitriles is 1. The van der Waals surface area contributed by atoms with E-state index in [4.69, 9.17) is 10.4 Å². The van der Waals surface area contributed by atoms with Gasteiger partial charge < -0.3 is 10.4 Å². The van der Waals surface area contributed by atoms with Crippen molar-refractivity contribution in [3.8, 4) is 6.19 Å². The van der Waals surface area contributed by atoms with Crippen LogP contribution in [0.4, 0.5) is 11.5 Å². The highest BCUT2D eigenvalue weighted by atomic mass is 32.2. The van der Waals surface area contributed by atoms with Gasteiger partial charge in [0.1, 0.15) is 10.9 Å². The Morgan fingerprint density at radius 1 is 1.39 bits per heavy atom. The van der Waals surface area contributed by atoms with Crippen LogP contribution in [0, 0.1) is 11.5 Å². The Bertz CT molecular complexity index is 786. The molecule has 23 heavy (non-hydrogen) atoms. The lowest BCUT2D eigenvalue weighted by molar-refractivity contribution is 0.306. The van der Waals surface area contributed by atoms with Gasteiger partial charge in [-0.25, -0.2) is 9.97 Å². The molecule has 116 valence electrons. The summed E-state index contributed by atoms with van der Waals surface area (Å²) in [6.45, 7) is 0.223. The largest absolute Gasteiger partial charge is 0.394 e. The third-order valence-electron chi connectivity index (χ3n) is 3.14. The Balaban J connectivity index is 1.81. The average Bonchev–Trinajstić information content (AvgIpc) is 2.58. The number of amidine groups is 1. The third-order valence-corrected chi connectivity index (χ3v) is 4.21. The first-order valence-corrected chi connectivity index (χ1v) is 7.80. The fraction of sp³-hybridized carbons (Fsp3) is 0.200. The minimum absolute atomic E-state index is 0.0472. The quantitative estimate of drug-likeness (QED) is 0.290. The maximum Gasteiger partial charge on any atom is 0.182 e. The summed E-state index contributed by atoms with van der Waals surface area (Å²) in [7, 11) is 0. The van der Waals surface area contributed by atoms with Gasteiger partial charge in [0, 0.05) is 23.7 Å². The molecule has 3 N–H and O–H groups in total. The molecule has 0 atom stereocenters. The number of aliphatic hydroxyl groups is 1. The maximum atomic E-state index is 8.86. The molecule has 1 aromatic heterocycles. The molecule has 1 aliphatic heterocycles. The van der Waals surface area contributed by atoms with E-state index in [-0.39, 0.29) is 13.2 Å². The van der Waals surface area contributed by atoms with Gasteiger partial charge in [-0.2, -0.15) is 5.26 Å². The van der Waals surface area contributed by atoms with Gasteiger partial charge in [0.05, 0.1) is 18.8 Å². The Labute approximate surface area is 137 Å². The van der Waals surface area contributed by atoms with E-state index in [1.54, 1.807) is 24.2 Å². The van der Waals surface area contributed by atoms with E-state index in [0.717, 1.165) is 27.0 Å². The molecule has 2 aromatic rings. The summed E-state index contributed by atoms with van der Waals surface area (Å²) >= 11 is 1.57. The number of benzene rings is 1. The molecular formula is C15H14N6OS. The summed E-state index contributed by atoms with van der Waals surface area (Å²) in [5.74, 6) is 1.27. The number of hydrogen-bond donors (Lipinski definition) is 3. The van der Waals surface area contributed by atoms with Crippen LogP contribution in [0.2, 0.25) is 0 Å². The van der Waals surface area contributed by atoms with Crippen molar-refractivity contribution < 1.29 is 5.11 Å². The van der Waals surface area contributed by atoms with E-state index < -0.39 is 0 Å². The summed E-state index contributed by atoms with van der Waals surface area (Å²) < 4.78 is 0. The van der Waals surface area contributed by atoms with Crippen LogP contribution < -0.4 is 10.6 Å². The van der Waals surface area contributed by atoms with Crippen LogP contribution in [0.5, 0.6) is 0 Å². The summed E-state index contributed by atoms with van der Waals surface area (Å²) in [4.78, 5) is 13.8. The van der Waals surface area contributed by atoms with E-state index in [2.05, 4.69) is 25.6 Å². The van der Waals surface area contributed by atoms with Gasteiger partial charge in [0.15, 0.2) is 12.0 Å². The number of rotatable bonds is 4. The highest BCUT2D eigenvalue weighted by molar-refractivity contribution is 7.99. The molecular weight excluding hydrogens is 312 g/mol. The molecule has 1 aliphatic rings. The summed E-state index contributed by atoms with van der Waals surface area (Å²) in [5.41, 5.74) is 1.96. The first kappa shape index (κ1) is 15.3. The number of fused-ring (bicyclic) bond motifs is 2. The minimum atomic E-state index is -0.0472. The predicted molar refractivity (Wildman–Crippen MR) is 87.7 cm³/mol. The molecule has 8 heteroatoms. The highest BCUT2D eigenvalue weighted by Crippen LogP contribution is 2.41. The van der Waals surface area contributed by atoms with Gasteiger partial charge in [0.2, 0.25) is 0 Å². The number of nitrogens with zero attached hydrogens (tertiary/aromatic N) is 4. The first-order valence-electron chi connectivity index (χ1n) is 6.98. The Hall–Kier alpha value is -2.63. The van der Waals surface area contributed by atoms with E-state index in [1.165, 1.54) is 0 Å². The monoisotopic (exact) mass is 326 g/mol. The van der Waals surface area contributed by atoms with Crippen molar-refractivity contribution in [1.29, 1.82) is 5.26 Å². The van der Waals surface area contributed by atoms with Gasteiger partial charge in [-0.1, -0.05) is 17.8 Å². The van der Waals surface area contributed by atoms with Gasteiger partial charge in [0.25, 0.3) is 0 Å². The van der Waals surface area contributed by atoms with Crippen LogP contribution in [0.1, 0.15) is 5.56 Å². The average molecular weight is 326 g/mol. The summed E-state index contributed by atoms with van der Waals surface area (Å²) in [5, 5.41) is 24.3. The number of aliphatic imine (C=N–C) groups is 1. The molecule has 0 saturated heterocycles. The Morgan fingerprint density at radius 2 is 2.26 bits per heavy atom. The minimum Gasteiger partial charge on any atom is -0.394 e. The second-order valence-corrected chi connectivity index (χ2v) is 5.76. The van der Waals surface area contributed by atoms with Gasteiger partial charge in [-0.05, 0) is 17.7 Å². The van der Waals surface area contributed by atoms with Crippen LogP contribution in [-0.2, 0) is 6.42 Å². The molecule has 2 heterocycles. The van der Waals surface area contributed by atoms with Crippen molar-refractivity contribution in [1.82, 2.24) is 15.3 Å². The summed E-state index contributed by atoms with van der Waals surface area (Å²) in [6, 6.07) is 6.01. The molecule has 1 aromatic carbocycles. The fourth-order valence-electron chi connectivity index (χ4n) is 2.17. The third kappa shape index (κ3) is 3.59. The zero-order valence-corrected chi connectivity index (χ0v) is 13.0. The molecule has 0 unspecified atom stereocenters. The fourth-order valence-corrected chi connectivity index (χ4v) is 3.05. The number of hydrogen-bond acceptors (Lipinski definition) is 7. The molecule has 0 saturated carbocycles. The molecule has 3 rings (SSSR count). The van der Waals surface area contributed by atoms with Crippen LogP contribution in [0.25, 0.3) is 0 Å². The Morgan fingerprint density at radius 3 is 3.09 bits per heavy atom.